The Morgan fingerprint density at radius 1 is 1.47 bits per heavy atom. The normalized spacial score (nSPS) is 11.2. The summed E-state index contributed by atoms with van der Waals surface area (Å²) in [6.07, 6.45) is 1.82. The second-order valence-electron chi connectivity index (χ2n) is 3.61. The van der Waals surface area contributed by atoms with E-state index in [-0.39, 0.29) is 0 Å². The zero-order valence-corrected chi connectivity index (χ0v) is 10.2. The van der Waals surface area contributed by atoms with Crippen molar-refractivity contribution < 1.29 is 4.42 Å². The molecule has 2 rings (SSSR count). The Hall–Kier alpha value is -1.23. The average molecular weight is 270 g/mol. The van der Waals surface area contributed by atoms with Crippen LogP contribution in [0.2, 0.25) is 0 Å². The Labute approximate surface area is 96.2 Å². The summed E-state index contributed by atoms with van der Waals surface area (Å²) in [4.78, 5) is 0. The maximum Gasteiger partial charge on any atom is 0.169 e. The largest absolute Gasteiger partial charge is 0.448 e. The number of hydrogen-bond acceptors (Lipinski definition) is 3. The van der Waals surface area contributed by atoms with Crippen molar-refractivity contribution >= 4 is 21.6 Å². The third kappa shape index (κ3) is 1.92. The second kappa shape index (κ2) is 3.73. The Bertz CT molecular complexity index is 473. The molecule has 0 bridgehead atoms. The predicted octanol–water partition coefficient (Wildman–Crippen LogP) is 3.07. The summed E-state index contributed by atoms with van der Waals surface area (Å²) < 4.78 is 7.90. The third-order valence-corrected chi connectivity index (χ3v) is 2.52. The molecule has 0 radical (unpaired) electrons. The van der Waals surface area contributed by atoms with Crippen LogP contribution >= 0.6 is 15.9 Å². The predicted molar refractivity (Wildman–Crippen MR) is 62.4 cm³/mol. The van der Waals surface area contributed by atoms with Gasteiger partial charge in [0.15, 0.2) is 16.1 Å². The highest BCUT2D eigenvalue weighted by molar-refractivity contribution is 9.10. The molecule has 0 atom stereocenters. The van der Waals surface area contributed by atoms with E-state index in [4.69, 9.17) is 10.2 Å². The molecule has 80 valence electrons. The lowest BCUT2D eigenvalue weighted by atomic mass is 10.3. The van der Waals surface area contributed by atoms with Crippen LogP contribution in [0.5, 0.6) is 0 Å². The highest BCUT2D eigenvalue weighted by atomic mass is 79.9. The van der Waals surface area contributed by atoms with E-state index in [1.807, 2.05) is 36.9 Å². The summed E-state index contributed by atoms with van der Waals surface area (Å²) in [5, 5.41) is 4.37. The van der Waals surface area contributed by atoms with Crippen LogP contribution < -0.4 is 5.73 Å². The molecule has 0 aromatic carbocycles. The zero-order chi connectivity index (χ0) is 11.0. The number of nitrogens with zero attached hydrogens (tertiary/aromatic N) is 2. The van der Waals surface area contributed by atoms with Crippen molar-refractivity contribution in [3.8, 4) is 11.5 Å². The number of nitrogens with two attached hydrogens (primary N) is 1. The molecule has 4 nitrogen and oxygen atoms in total. The molecular formula is C10H12BrN3O. The quantitative estimate of drug-likeness (QED) is 0.912. The molecule has 0 fully saturated rings. The summed E-state index contributed by atoms with van der Waals surface area (Å²) in [6, 6.07) is 3.95. The first-order chi connectivity index (χ1) is 7.08. The summed E-state index contributed by atoms with van der Waals surface area (Å²) in [5.41, 5.74) is 7.18. The molecule has 2 N–H and O–H groups in total. The fourth-order valence-electron chi connectivity index (χ4n) is 1.30. The molecule has 0 aliphatic heterocycles. The first kappa shape index (κ1) is 10.3. The van der Waals surface area contributed by atoms with Crippen LogP contribution in [0.3, 0.4) is 0 Å². The standard InChI is InChI=1S/C10H12BrN3O/c1-6(2)14-5-7(12)10(13-14)8-3-4-9(11)15-8/h3-6H,12H2,1-2H3. The first-order valence-electron chi connectivity index (χ1n) is 4.68. The lowest BCUT2D eigenvalue weighted by molar-refractivity contribution is 0.523. The topological polar surface area (TPSA) is 57.0 Å². The SMILES string of the molecule is CC(C)n1cc(N)c(-c2ccc(Br)o2)n1. The highest BCUT2D eigenvalue weighted by Gasteiger charge is 2.13. The van der Waals surface area contributed by atoms with E-state index in [2.05, 4.69) is 21.0 Å². The second-order valence-corrected chi connectivity index (χ2v) is 4.39. The Morgan fingerprint density at radius 3 is 2.67 bits per heavy atom. The third-order valence-electron chi connectivity index (χ3n) is 2.10. The number of furan rings is 1. The molecule has 0 aliphatic carbocycles. The molecule has 0 saturated carbocycles. The van der Waals surface area contributed by atoms with Crippen molar-refractivity contribution in [2.24, 2.45) is 0 Å². The van der Waals surface area contributed by atoms with E-state index in [0.717, 1.165) is 0 Å². The first-order valence-corrected chi connectivity index (χ1v) is 5.47. The van der Waals surface area contributed by atoms with Gasteiger partial charge >= 0.3 is 0 Å². The van der Waals surface area contributed by atoms with Crippen LogP contribution in [0.25, 0.3) is 11.5 Å². The van der Waals surface area contributed by atoms with Gasteiger partial charge < -0.3 is 10.2 Å². The molecule has 0 aliphatic rings. The van der Waals surface area contributed by atoms with Crippen LogP contribution in [0.15, 0.2) is 27.4 Å². The van der Waals surface area contributed by atoms with E-state index in [1.54, 1.807) is 0 Å². The molecule has 0 spiro atoms. The van der Waals surface area contributed by atoms with Crippen molar-refractivity contribution in [3.05, 3.63) is 23.0 Å². The van der Waals surface area contributed by atoms with Gasteiger partial charge in [0.25, 0.3) is 0 Å². The van der Waals surface area contributed by atoms with Crippen LogP contribution in [0, 0.1) is 0 Å². The molecule has 0 amide bonds. The Kier molecular flexibility index (Phi) is 2.56. The summed E-state index contributed by atoms with van der Waals surface area (Å²) in [7, 11) is 0. The van der Waals surface area contributed by atoms with E-state index in [9.17, 15) is 0 Å². The fourth-order valence-corrected chi connectivity index (χ4v) is 1.61. The summed E-state index contributed by atoms with van der Waals surface area (Å²) in [5.74, 6) is 0.679. The molecule has 15 heavy (non-hydrogen) atoms. The molecular weight excluding hydrogens is 258 g/mol. The number of aromatic nitrogens is 2. The molecule has 0 saturated heterocycles. The van der Waals surface area contributed by atoms with E-state index in [0.29, 0.717) is 27.9 Å². The zero-order valence-electron chi connectivity index (χ0n) is 8.57. The minimum absolute atomic E-state index is 0.291. The van der Waals surface area contributed by atoms with E-state index < -0.39 is 0 Å². The molecule has 2 aromatic rings. The maximum absolute atomic E-state index is 5.86. The van der Waals surface area contributed by atoms with Crippen LogP contribution in [-0.4, -0.2) is 9.78 Å². The maximum atomic E-state index is 5.86. The average Bonchev–Trinajstić information content (AvgIpc) is 2.71. The van der Waals surface area contributed by atoms with Crippen LogP contribution in [-0.2, 0) is 0 Å². The van der Waals surface area contributed by atoms with Crippen molar-refractivity contribution in [1.29, 1.82) is 0 Å². The van der Waals surface area contributed by atoms with Gasteiger partial charge in [0, 0.05) is 12.2 Å². The molecule has 2 heterocycles. The van der Waals surface area contributed by atoms with Gasteiger partial charge in [0.2, 0.25) is 0 Å². The van der Waals surface area contributed by atoms with Gasteiger partial charge in [-0.25, -0.2) is 0 Å². The van der Waals surface area contributed by atoms with Crippen molar-refractivity contribution in [3.63, 3.8) is 0 Å². The summed E-state index contributed by atoms with van der Waals surface area (Å²) in [6.45, 7) is 4.10. The van der Waals surface area contributed by atoms with Gasteiger partial charge in [-0.15, -0.1) is 0 Å². The highest BCUT2D eigenvalue weighted by Crippen LogP contribution is 2.28. The van der Waals surface area contributed by atoms with Crippen LogP contribution in [0.4, 0.5) is 5.69 Å². The number of rotatable bonds is 2. The number of halogens is 1. The van der Waals surface area contributed by atoms with E-state index in [1.165, 1.54) is 0 Å². The number of nitrogen functional groups attached to an aromatic ring is 1. The lowest BCUT2D eigenvalue weighted by Gasteiger charge is -2.02. The molecule has 5 heteroatoms. The van der Waals surface area contributed by atoms with Gasteiger partial charge in [0.05, 0.1) is 5.69 Å². The number of hydrogen-bond donors (Lipinski definition) is 1. The lowest BCUT2D eigenvalue weighted by Crippen LogP contribution is -2.00. The van der Waals surface area contributed by atoms with Crippen molar-refractivity contribution in [2.45, 2.75) is 19.9 Å². The minimum Gasteiger partial charge on any atom is -0.448 e. The van der Waals surface area contributed by atoms with Crippen molar-refractivity contribution in [1.82, 2.24) is 9.78 Å². The van der Waals surface area contributed by atoms with Gasteiger partial charge in [-0.2, -0.15) is 5.10 Å². The minimum atomic E-state index is 0.291. The van der Waals surface area contributed by atoms with Crippen molar-refractivity contribution in [2.75, 3.05) is 5.73 Å². The summed E-state index contributed by atoms with van der Waals surface area (Å²) >= 11 is 3.25. The van der Waals surface area contributed by atoms with Gasteiger partial charge in [-0.1, -0.05) is 0 Å². The van der Waals surface area contributed by atoms with Gasteiger partial charge in [0.1, 0.15) is 0 Å². The smallest absolute Gasteiger partial charge is 0.169 e. The molecule has 2 aromatic heterocycles. The van der Waals surface area contributed by atoms with E-state index >= 15 is 0 Å². The fraction of sp³-hybridized carbons (Fsp3) is 0.300. The van der Waals surface area contributed by atoms with Gasteiger partial charge in [-0.05, 0) is 41.9 Å². The number of anilines is 1. The monoisotopic (exact) mass is 269 g/mol. The Balaban J connectivity index is 2.44. The Morgan fingerprint density at radius 2 is 2.20 bits per heavy atom. The molecule has 0 unspecified atom stereocenters. The van der Waals surface area contributed by atoms with Crippen LogP contribution in [0.1, 0.15) is 19.9 Å². The van der Waals surface area contributed by atoms with Gasteiger partial charge in [-0.3, -0.25) is 4.68 Å².